The van der Waals surface area contributed by atoms with Gasteiger partial charge in [0.1, 0.15) is 0 Å². The van der Waals surface area contributed by atoms with Crippen molar-refractivity contribution in [2.75, 3.05) is 6.54 Å². The molecule has 1 aromatic carbocycles. The van der Waals surface area contributed by atoms with E-state index < -0.39 is 5.97 Å². The Morgan fingerprint density at radius 2 is 1.95 bits per heavy atom. The van der Waals surface area contributed by atoms with Crippen LogP contribution in [0.25, 0.3) is 0 Å². The average Bonchev–Trinajstić information content (AvgIpc) is 2.48. The summed E-state index contributed by atoms with van der Waals surface area (Å²) in [6.07, 6.45) is 3.45. The maximum atomic E-state index is 12.8. The smallest absolute Gasteiger partial charge is 0.303 e. The zero-order valence-corrected chi connectivity index (χ0v) is 13.8. The molecule has 1 atom stereocenters. The third-order valence-corrected chi connectivity index (χ3v) is 4.71. The maximum absolute atomic E-state index is 12.8. The summed E-state index contributed by atoms with van der Waals surface area (Å²) in [5.41, 5.74) is 2.61. The quantitative estimate of drug-likeness (QED) is 0.916. The molecule has 1 amide bonds. The van der Waals surface area contributed by atoms with Gasteiger partial charge in [0.15, 0.2) is 0 Å². The summed E-state index contributed by atoms with van der Waals surface area (Å²) in [7, 11) is 0. The van der Waals surface area contributed by atoms with Gasteiger partial charge in [0.2, 0.25) is 0 Å². The van der Waals surface area contributed by atoms with Gasteiger partial charge in [-0.2, -0.15) is 0 Å². The number of nitrogens with zero attached hydrogens (tertiary/aromatic N) is 1. The third-order valence-electron chi connectivity index (χ3n) is 4.39. The molecule has 1 unspecified atom stereocenters. The minimum absolute atomic E-state index is 0.00461. The monoisotopic (exact) mass is 323 g/mol. The Bertz CT molecular complexity index is 586. The molecule has 0 bridgehead atoms. The van der Waals surface area contributed by atoms with Crippen molar-refractivity contribution >= 4 is 23.5 Å². The van der Waals surface area contributed by atoms with Gasteiger partial charge in [0, 0.05) is 19.0 Å². The zero-order chi connectivity index (χ0) is 16.3. The van der Waals surface area contributed by atoms with Crippen LogP contribution in [0.15, 0.2) is 12.1 Å². The van der Waals surface area contributed by atoms with E-state index in [1.807, 2.05) is 30.9 Å². The van der Waals surface area contributed by atoms with Crippen molar-refractivity contribution in [1.29, 1.82) is 0 Å². The number of rotatable bonds is 4. The van der Waals surface area contributed by atoms with Crippen LogP contribution in [0, 0.1) is 13.8 Å². The van der Waals surface area contributed by atoms with Crippen molar-refractivity contribution in [3.05, 3.63) is 33.8 Å². The second-order valence-corrected chi connectivity index (χ2v) is 6.40. The molecule has 1 N–H and O–H groups in total. The molecular weight excluding hydrogens is 302 g/mol. The summed E-state index contributed by atoms with van der Waals surface area (Å²) in [5, 5.41) is 9.34. The molecule has 1 heterocycles. The number of halogens is 1. The summed E-state index contributed by atoms with van der Waals surface area (Å²) >= 11 is 6.25. The molecular formula is C17H22ClNO3. The normalized spacial score (nSPS) is 18.3. The van der Waals surface area contributed by atoms with Gasteiger partial charge in [-0.1, -0.05) is 11.6 Å². The summed E-state index contributed by atoms with van der Waals surface area (Å²) in [4.78, 5) is 25.4. The van der Waals surface area contributed by atoms with E-state index in [1.54, 1.807) is 0 Å². The number of aliphatic carboxylic acids is 1. The molecule has 1 saturated heterocycles. The molecule has 22 heavy (non-hydrogen) atoms. The van der Waals surface area contributed by atoms with E-state index in [0.29, 0.717) is 23.6 Å². The molecule has 1 fully saturated rings. The topological polar surface area (TPSA) is 57.6 Å². The summed E-state index contributed by atoms with van der Waals surface area (Å²) < 4.78 is 0. The first kappa shape index (κ1) is 16.8. The lowest BCUT2D eigenvalue weighted by molar-refractivity contribution is -0.137. The van der Waals surface area contributed by atoms with Crippen molar-refractivity contribution in [3.63, 3.8) is 0 Å². The maximum Gasteiger partial charge on any atom is 0.303 e. The zero-order valence-electron chi connectivity index (χ0n) is 13.1. The number of amides is 1. The van der Waals surface area contributed by atoms with E-state index in [4.69, 9.17) is 16.7 Å². The number of aryl methyl sites for hydroxylation is 2. The fraction of sp³-hybridized carbons (Fsp3) is 0.529. The minimum Gasteiger partial charge on any atom is -0.481 e. The fourth-order valence-corrected chi connectivity index (χ4v) is 3.26. The van der Waals surface area contributed by atoms with Crippen molar-refractivity contribution in [1.82, 2.24) is 4.90 Å². The van der Waals surface area contributed by atoms with E-state index in [1.165, 1.54) is 0 Å². The molecule has 1 aliphatic rings. The summed E-state index contributed by atoms with van der Waals surface area (Å²) in [5.74, 6) is -0.898. The lowest BCUT2D eigenvalue weighted by atomic mass is 9.96. The number of likely N-dealkylation sites (tertiary alicyclic amines) is 1. The van der Waals surface area contributed by atoms with Crippen molar-refractivity contribution in [2.45, 2.75) is 52.0 Å². The van der Waals surface area contributed by atoms with Crippen LogP contribution in [0.4, 0.5) is 0 Å². The molecule has 0 aliphatic carbocycles. The van der Waals surface area contributed by atoms with Gasteiger partial charge < -0.3 is 10.0 Å². The SMILES string of the molecule is Cc1cc(Cl)c(C(=O)N2CCCCC2CCC(=O)O)cc1C. The highest BCUT2D eigenvalue weighted by Gasteiger charge is 2.29. The van der Waals surface area contributed by atoms with E-state index in [2.05, 4.69) is 0 Å². The molecule has 2 rings (SSSR count). The first-order chi connectivity index (χ1) is 10.4. The molecule has 1 aliphatic heterocycles. The Kier molecular flexibility index (Phi) is 5.46. The largest absolute Gasteiger partial charge is 0.481 e. The van der Waals surface area contributed by atoms with Crippen molar-refractivity contribution in [3.8, 4) is 0 Å². The number of carbonyl (C=O) groups excluding carboxylic acids is 1. The highest BCUT2D eigenvalue weighted by Crippen LogP contribution is 2.27. The first-order valence-electron chi connectivity index (χ1n) is 7.69. The molecule has 0 spiro atoms. The van der Waals surface area contributed by atoms with Crippen LogP contribution in [0.2, 0.25) is 5.02 Å². The highest BCUT2D eigenvalue weighted by atomic mass is 35.5. The van der Waals surface area contributed by atoms with Crippen LogP contribution in [0.3, 0.4) is 0 Å². The third kappa shape index (κ3) is 3.80. The molecule has 5 heteroatoms. The minimum atomic E-state index is -0.817. The lowest BCUT2D eigenvalue weighted by Gasteiger charge is -2.36. The predicted molar refractivity (Wildman–Crippen MR) is 86.5 cm³/mol. The van der Waals surface area contributed by atoms with Crippen LogP contribution in [-0.2, 0) is 4.79 Å². The van der Waals surface area contributed by atoms with Crippen LogP contribution in [0.5, 0.6) is 0 Å². The second kappa shape index (κ2) is 7.14. The molecule has 0 saturated carbocycles. The molecule has 120 valence electrons. The Morgan fingerprint density at radius 3 is 2.64 bits per heavy atom. The van der Waals surface area contributed by atoms with Gasteiger partial charge in [0.05, 0.1) is 10.6 Å². The van der Waals surface area contributed by atoms with E-state index in [9.17, 15) is 9.59 Å². The summed E-state index contributed by atoms with van der Waals surface area (Å²) in [6.45, 7) is 4.60. The number of benzene rings is 1. The Morgan fingerprint density at radius 1 is 1.27 bits per heavy atom. The average molecular weight is 324 g/mol. The Balaban J connectivity index is 2.21. The van der Waals surface area contributed by atoms with Crippen LogP contribution < -0.4 is 0 Å². The van der Waals surface area contributed by atoms with Gasteiger partial charge in [-0.3, -0.25) is 9.59 Å². The van der Waals surface area contributed by atoms with Crippen LogP contribution >= 0.6 is 11.6 Å². The number of carbonyl (C=O) groups is 2. The number of carboxylic acid groups (broad SMARTS) is 1. The lowest BCUT2D eigenvalue weighted by Crippen LogP contribution is -2.44. The van der Waals surface area contributed by atoms with E-state index in [-0.39, 0.29) is 18.4 Å². The van der Waals surface area contributed by atoms with Gasteiger partial charge in [-0.05, 0) is 62.8 Å². The first-order valence-corrected chi connectivity index (χ1v) is 8.07. The summed E-state index contributed by atoms with van der Waals surface area (Å²) in [6, 6.07) is 3.65. The Labute approximate surface area is 136 Å². The van der Waals surface area contributed by atoms with Gasteiger partial charge in [0.25, 0.3) is 5.91 Å². The van der Waals surface area contributed by atoms with Gasteiger partial charge in [-0.15, -0.1) is 0 Å². The Hall–Kier alpha value is -1.55. The van der Waals surface area contributed by atoms with Crippen molar-refractivity contribution in [2.24, 2.45) is 0 Å². The predicted octanol–water partition coefficient (Wildman–Crippen LogP) is 3.82. The number of piperidine rings is 1. The van der Waals surface area contributed by atoms with Crippen LogP contribution in [0.1, 0.15) is 53.6 Å². The standard InChI is InChI=1S/C17H22ClNO3/c1-11-9-14(15(18)10-12(11)2)17(22)19-8-4-3-5-13(19)6-7-16(20)21/h9-10,13H,3-8H2,1-2H3,(H,20,21). The molecule has 1 aromatic rings. The second-order valence-electron chi connectivity index (χ2n) is 6.00. The van der Waals surface area contributed by atoms with E-state index in [0.717, 1.165) is 30.4 Å². The van der Waals surface area contributed by atoms with Gasteiger partial charge in [-0.25, -0.2) is 0 Å². The number of hydrogen-bond acceptors (Lipinski definition) is 2. The molecule has 0 aromatic heterocycles. The van der Waals surface area contributed by atoms with Crippen molar-refractivity contribution < 1.29 is 14.7 Å². The highest BCUT2D eigenvalue weighted by molar-refractivity contribution is 6.34. The molecule has 4 nitrogen and oxygen atoms in total. The number of carboxylic acids is 1. The van der Waals surface area contributed by atoms with E-state index >= 15 is 0 Å². The fourth-order valence-electron chi connectivity index (χ4n) is 2.96. The number of hydrogen-bond donors (Lipinski definition) is 1. The van der Waals surface area contributed by atoms with Gasteiger partial charge >= 0.3 is 5.97 Å². The molecule has 0 radical (unpaired) electrons. The van der Waals surface area contributed by atoms with Crippen LogP contribution in [-0.4, -0.2) is 34.5 Å².